The number of nitrogens with two attached hydrogens (primary N) is 2. The smallest absolute Gasteiger partial charge is 0.326 e. The maximum Gasteiger partial charge on any atom is 0.326 e. The Morgan fingerprint density at radius 2 is 1.04 bits per heavy atom. The highest BCUT2D eigenvalue weighted by Crippen LogP contribution is 2.34. The first-order valence-corrected chi connectivity index (χ1v) is 32.0. The maximum absolute atomic E-state index is 14.1. The molecule has 0 aliphatic rings. The fourth-order valence-corrected chi connectivity index (χ4v) is 11.2. The second-order valence-electron chi connectivity index (χ2n) is 24.7. The number of phenols is 1. The first-order chi connectivity index (χ1) is 45.7. The molecule has 7 aromatic rings. The normalized spacial score (nSPS) is 14.9. The molecular weight excluding hydrogens is 1230 g/mol. The van der Waals surface area contributed by atoms with Gasteiger partial charge in [0, 0.05) is 53.7 Å². The number of primary amides is 1. The summed E-state index contributed by atoms with van der Waals surface area (Å²) in [5.41, 5.74) is 16.8. The molecule has 96 heavy (non-hydrogen) atoms. The van der Waals surface area contributed by atoms with Crippen LogP contribution in [0.3, 0.4) is 0 Å². The molecule has 5 aromatic carbocycles. The van der Waals surface area contributed by atoms with Crippen LogP contribution in [-0.4, -0.2) is 152 Å². The van der Waals surface area contributed by atoms with Gasteiger partial charge in [0.25, 0.3) is 0 Å². The average Bonchev–Trinajstić information content (AvgIpc) is 1.62. The molecule has 26 heteroatoms. The highest BCUT2D eigenvalue weighted by Gasteiger charge is 2.37. The standard InChI is InChI=1S/C70H87N11O15/c1-7-38(4)58(80-69(93)60(40(6)83)81-66(90)52(31-37(2)3)75-63(87)50(71)34-45-36-74-51-22-12-11-19-47(45)51)67(91)73-30-29-44-18-14-21-49-48-20-13-17-43(61(48)96-62(44)49)25-28-57(86)79-59(39(5)82)68(92)77-53(32-42-23-26-46(84)27-24-42)64(88)76-54(35-56(72)85)65(89)78-55(70(94)95)33-41-15-9-8-10-16-41/h8-24,26-27,36-40,50,52-55,58-60,74,82-84H,7,25,28-35,71H2,1-6H3,(H2,72,85)(H,73,91)(H,75,87)(H,76,88)(H,77,92)(H,78,89)(H,79,86)(H,80,93)(H,81,90)(H,94,95)/t38?,39?,40?,50-,52-,53-,54-,55-,58-,59-,60-/m0/s1. The molecule has 2 heterocycles. The number of para-hydroxylation sites is 3. The fourth-order valence-electron chi connectivity index (χ4n) is 11.2. The third-order valence-corrected chi connectivity index (χ3v) is 16.7. The number of aromatic nitrogens is 1. The van der Waals surface area contributed by atoms with Crippen LogP contribution in [0.15, 0.2) is 126 Å². The van der Waals surface area contributed by atoms with Crippen LogP contribution < -0.4 is 54.0 Å². The summed E-state index contributed by atoms with van der Waals surface area (Å²) in [6.07, 6.45) is -1.32. The summed E-state index contributed by atoms with van der Waals surface area (Å²) in [4.78, 5) is 139. The van der Waals surface area contributed by atoms with E-state index >= 15 is 0 Å². The largest absolute Gasteiger partial charge is 0.508 e. The quantitative estimate of drug-likeness (QED) is 0.0271. The molecule has 0 radical (unpaired) electrons. The number of furan rings is 1. The number of nitrogens with one attached hydrogen (secondary N) is 9. The highest BCUT2D eigenvalue weighted by molar-refractivity contribution is 6.07. The summed E-state index contributed by atoms with van der Waals surface area (Å²) in [7, 11) is 0. The molecule has 3 unspecified atom stereocenters. The van der Waals surface area contributed by atoms with Gasteiger partial charge >= 0.3 is 5.97 Å². The zero-order valence-corrected chi connectivity index (χ0v) is 54.5. The third-order valence-electron chi connectivity index (χ3n) is 16.7. The zero-order chi connectivity index (χ0) is 69.9. The summed E-state index contributed by atoms with van der Waals surface area (Å²) in [5, 5.41) is 64.9. The van der Waals surface area contributed by atoms with Gasteiger partial charge in [-0.05, 0) is 97.4 Å². The number of amides is 9. The number of rotatable bonds is 35. The first-order valence-electron chi connectivity index (χ1n) is 32.0. The monoisotopic (exact) mass is 1320 g/mol. The average molecular weight is 1320 g/mol. The number of H-pyrrole nitrogens is 1. The van der Waals surface area contributed by atoms with Crippen molar-refractivity contribution in [3.63, 3.8) is 0 Å². The van der Waals surface area contributed by atoms with E-state index < -0.39 is 132 Å². The minimum absolute atomic E-state index is 0.0745. The maximum atomic E-state index is 14.1. The minimum Gasteiger partial charge on any atom is -0.508 e. The number of fused-ring (bicyclic) bond motifs is 4. The van der Waals surface area contributed by atoms with Gasteiger partial charge in [-0.2, -0.15) is 0 Å². The van der Waals surface area contributed by atoms with Crippen molar-refractivity contribution in [3.8, 4) is 5.75 Å². The number of aliphatic carboxylic acids is 1. The summed E-state index contributed by atoms with van der Waals surface area (Å²) < 4.78 is 6.52. The predicted molar refractivity (Wildman–Crippen MR) is 358 cm³/mol. The van der Waals surface area contributed by atoms with Gasteiger partial charge in [0.15, 0.2) is 0 Å². The molecule has 0 aliphatic heterocycles. The molecule has 0 saturated heterocycles. The number of hydrogen-bond acceptors (Lipinski definition) is 15. The lowest BCUT2D eigenvalue weighted by atomic mass is 9.97. The van der Waals surface area contributed by atoms with Gasteiger partial charge in [-0.1, -0.05) is 131 Å². The molecule has 0 saturated carbocycles. The van der Waals surface area contributed by atoms with Gasteiger partial charge in [0.1, 0.15) is 59.2 Å². The van der Waals surface area contributed by atoms with Crippen LogP contribution in [0.1, 0.15) is 95.0 Å². The van der Waals surface area contributed by atoms with Crippen molar-refractivity contribution in [2.45, 2.75) is 160 Å². The van der Waals surface area contributed by atoms with E-state index in [9.17, 15) is 68.4 Å². The van der Waals surface area contributed by atoms with Crippen molar-refractivity contribution in [2.24, 2.45) is 23.3 Å². The lowest BCUT2D eigenvalue weighted by Gasteiger charge is -2.29. The summed E-state index contributed by atoms with van der Waals surface area (Å²) in [6, 6.07) is 21.4. The van der Waals surface area contributed by atoms with Crippen LogP contribution in [0.5, 0.6) is 5.75 Å². The van der Waals surface area contributed by atoms with Crippen molar-refractivity contribution in [3.05, 3.63) is 149 Å². The second-order valence-corrected chi connectivity index (χ2v) is 24.7. The number of phenolic OH excluding ortho intramolecular Hbond substituents is 1. The Morgan fingerprint density at radius 3 is 1.66 bits per heavy atom. The Bertz CT molecular complexity index is 3890. The first kappa shape index (κ1) is 73.2. The van der Waals surface area contributed by atoms with E-state index in [1.807, 2.05) is 69.3 Å². The SMILES string of the molecule is CCC(C)[C@H](NC(=O)[C@@H](NC(=O)[C@H](CC(C)C)NC(=O)[C@@H](N)Cc1c[nH]c2ccccc12)C(C)O)C(=O)NCCc1cccc2c1oc1c(CCC(=O)N[C@H](C(=O)N[C@@H](Cc3ccc(O)cc3)C(=O)N[C@@H](CC(N)=O)C(=O)N[C@@H](Cc3ccccc3)C(=O)O)C(C)O)cccc12. The predicted octanol–water partition coefficient (Wildman–Crippen LogP) is 2.63. The summed E-state index contributed by atoms with van der Waals surface area (Å²) in [5.74, 6) is -9.38. The molecule has 512 valence electrons. The van der Waals surface area contributed by atoms with Gasteiger partial charge in [0.2, 0.25) is 53.2 Å². The van der Waals surface area contributed by atoms with E-state index in [0.29, 0.717) is 34.3 Å². The van der Waals surface area contributed by atoms with Gasteiger partial charge in [-0.3, -0.25) is 43.2 Å². The van der Waals surface area contributed by atoms with Crippen molar-refractivity contribution < 1.29 is 72.8 Å². The Kier molecular flexibility index (Phi) is 26.2. The van der Waals surface area contributed by atoms with E-state index in [2.05, 4.69) is 47.5 Å². The number of aliphatic hydroxyl groups is 2. The van der Waals surface area contributed by atoms with E-state index in [4.69, 9.17) is 15.9 Å². The van der Waals surface area contributed by atoms with Crippen LogP contribution in [0.25, 0.3) is 32.8 Å². The number of aromatic amines is 1. The highest BCUT2D eigenvalue weighted by atomic mass is 16.4. The number of aliphatic hydroxyl groups excluding tert-OH is 2. The lowest BCUT2D eigenvalue weighted by Crippen LogP contribution is -2.61. The van der Waals surface area contributed by atoms with Crippen molar-refractivity contribution in [2.75, 3.05) is 6.54 Å². The fraction of sp³-hybridized carbons (Fsp3) is 0.400. The van der Waals surface area contributed by atoms with E-state index in [1.165, 1.54) is 38.1 Å². The van der Waals surface area contributed by atoms with Gasteiger partial charge in [0.05, 0.1) is 24.7 Å². The van der Waals surface area contributed by atoms with Crippen molar-refractivity contribution >= 4 is 92.0 Å². The number of benzene rings is 5. The summed E-state index contributed by atoms with van der Waals surface area (Å²) >= 11 is 0. The topological polar surface area (TPSA) is 429 Å². The molecule has 0 bridgehead atoms. The van der Waals surface area contributed by atoms with Crippen LogP contribution in [-0.2, 0) is 80.0 Å². The van der Waals surface area contributed by atoms with Gasteiger partial charge in [-0.15, -0.1) is 0 Å². The number of carbonyl (C=O) groups is 10. The van der Waals surface area contributed by atoms with E-state index in [1.54, 1.807) is 55.6 Å². The summed E-state index contributed by atoms with van der Waals surface area (Å²) in [6.45, 7) is 10.0. The third kappa shape index (κ3) is 20.2. The van der Waals surface area contributed by atoms with Crippen LogP contribution >= 0.6 is 0 Å². The van der Waals surface area contributed by atoms with Crippen LogP contribution in [0.4, 0.5) is 0 Å². The van der Waals surface area contributed by atoms with Crippen molar-refractivity contribution in [1.29, 1.82) is 0 Å². The van der Waals surface area contributed by atoms with E-state index in [0.717, 1.165) is 32.8 Å². The molecule has 0 spiro atoms. The molecule has 7 rings (SSSR count). The molecule has 0 fully saturated rings. The number of aromatic hydroxyl groups is 1. The van der Waals surface area contributed by atoms with Crippen LogP contribution in [0, 0.1) is 11.8 Å². The van der Waals surface area contributed by atoms with Crippen LogP contribution in [0.2, 0.25) is 0 Å². The molecule has 0 aliphatic carbocycles. The molecule has 9 amide bonds. The number of carbonyl (C=O) groups excluding carboxylic acids is 9. The Morgan fingerprint density at radius 1 is 0.521 bits per heavy atom. The number of carboxylic acids is 1. The second kappa shape index (κ2) is 34.3. The zero-order valence-electron chi connectivity index (χ0n) is 54.5. The Hall–Kier alpha value is -10.2. The number of carboxylic acid groups (broad SMARTS) is 1. The molecule has 17 N–H and O–H groups in total. The van der Waals surface area contributed by atoms with E-state index in [-0.39, 0.29) is 63.2 Å². The molecular formula is C70H87N11O15. The van der Waals surface area contributed by atoms with Crippen molar-refractivity contribution in [1.82, 2.24) is 47.5 Å². The van der Waals surface area contributed by atoms with Gasteiger partial charge < -0.3 is 83.8 Å². The Balaban J connectivity index is 0.973. The minimum atomic E-state index is -1.71. The number of aryl methyl sites for hydroxylation is 1. The molecule has 26 nitrogen and oxygen atoms in total. The lowest BCUT2D eigenvalue weighted by molar-refractivity contribution is -0.142. The van der Waals surface area contributed by atoms with Gasteiger partial charge in [-0.25, -0.2) is 4.79 Å². The molecule has 11 atom stereocenters. The Labute approximate surface area is 554 Å². The molecule has 2 aromatic heterocycles. The number of hydrogen-bond donors (Lipinski definition) is 15.